The fourth-order valence-electron chi connectivity index (χ4n) is 2.71. The Morgan fingerprint density at radius 1 is 1.32 bits per heavy atom. The Morgan fingerprint density at radius 2 is 2.21 bits per heavy atom. The first-order valence-corrected chi connectivity index (χ1v) is 7.37. The van der Waals surface area contributed by atoms with Crippen LogP contribution in [-0.4, -0.2) is 26.4 Å². The van der Waals surface area contributed by atoms with E-state index in [0.717, 1.165) is 37.8 Å². The van der Waals surface area contributed by atoms with Gasteiger partial charge in [-0.2, -0.15) is 0 Å². The van der Waals surface area contributed by atoms with Crippen LogP contribution in [-0.2, 0) is 11.2 Å². The van der Waals surface area contributed by atoms with Crippen molar-refractivity contribution in [3.63, 3.8) is 0 Å². The predicted octanol–water partition coefficient (Wildman–Crippen LogP) is 2.84. The van der Waals surface area contributed by atoms with Crippen LogP contribution in [0.25, 0.3) is 0 Å². The summed E-state index contributed by atoms with van der Waals surface area (Å²) < 4.78 is 11.0. The number of hydrogen-bond donors (Lipinski definition) is 1. The van der Waals surface area contributed by atoms with Crippen molar-refractivity contribution in [3.05, 3.63) is 29.3 Å². The average Bonchev–Trinajstić information content (AvgIpc) is 3.25. The second-order valence-electron chi connectivity index (χ2n) is 5.60. The Hall–Kier alpha value is -1.06. The number of ether oxygens (including phenoxy) is 2. The summed E-state index contributed by atoms with van der Waals surface area (Å²) in [5.74, 6) is 1.07. The molecule has 1 N–H and O–H groups in total. The molecule has 1 atom stereocenters. The number of benzene rings is 1. The van der Waals surface area contributed by atoms with E-state index in [2.05, 4.69) is 23.5 Å². The fourth-order valence-corrected chi connectivity index (χ4v) is 2.71. The van der Waals surface area contributed by atoms with Gasteiger partial charge in [-0.25, -0.2) is 0 Å². The Bertz CT molecular complexity index is 429. The number of methoxy groups -OCH3 is 1. The maximum absolute atomic E-state index is 5.87. The predicted molar refractivity (Wildman–Crippen MR) is 75.6 cm³/mol. The van der Waals surface area contributed by atoms with Crippen molar-refractivity contribution < 1.29 is 9.47 Å². The summed E-state index contributed by atoms with van der Waals surface area (Å²) in [6.07, 6.45) is 5.94. The molecule has 0 spiro atoms. The van der Waals surface area contributed by atoms with Gasteiger partial charge in [-0.15, -0.1) is 0 Å². The van der Waals surface area contributed by atoms with Gasteiger partial charge in [0.15, 0.2) is 0 Å². The minimum absolute atomic E-state index is 0.465. The van der Waals surface area contributed by atoms with E-state index >= 15 is 0 Å². The molecule has 0 amide bonds. The molecule has 1 aliphatic heterocycles. The summed E-state index contributed by atoms with van der Waals surface area (Å²) in [5.41, 5.74) is 2.69. The van der Waals surface area contributed by atoms with E-state index in [1.807, 2.05) is 0 Å². The normalized spacial score (nSPS) is 22.5. The van der Waals surface area contributed by atoms with Crippen molar-refractivity contribution in [1.82, 2.24) is 5.32 Å². The highest BCUT2D eigenvalue weighted by Crippen LogP contribution is 2.35. The van der Waals surface area contributed by atoms with Gasteiger partial charge in [-0.3, -0.25) is 0 Å². The van der Waals surface area contributed by atoms with Gasteiger partial charge >= 0.3 is 0 Å². The summed E-state index contributed by atoms with van der Waals surface area (Å²) in [4.78, 5) is 0. The molecule has 1 aliphatic carbocycles. The SMILES string of the molecule is COCCc1ccc2c(c1)C(NC1CC1)CCCO2. The third kappa shape index (κ3) is 3.28. The zero-order valence-corrected chi connectivity index (χ0v) is 11.7. The van der Waals surface area contributed by atoms with Crippen LogP contribution in [0.2, 0.25) is 0 Å². The lowest BCUT2D eigenvalue weighted by Gasteiger charge is -2.19. The Labute approximate surface area is 115 Å². The Morgan fingerprint density at radius 3 is 3.00 bits per heavy atom. The van der Waals surface area contributed by atoms with Gasteiger partial charge in [0.05, 0.1) is 13.2 Å². The van der Waals surface area contributed by atoms with Crippen LogP contribution in [0.15, 0.2) is 18.2 Å². The van der Waals surface area contributed by atoms with Gasteiger partial charge in [-0.05, 0) is 43.7 Å². The fraction of sp³-hybridized carbons (Fsp3) is 0.625. The molecule has 0 aromatic heterocycles. The maximum Gasteiger partial charge on any atom is 0.124 e. The summed E-state index contributed by atoms with van der Waals surface area (Å²) in [7, 11) is 1.75. The first-order valence-electron chi connectivity index (χ1n) is 7.37. The molecule has 3 rings (SSSR count). The van der Waals surface area contributed by atoms with Crippen LogP contribution in [0.5, 0.6) is 5.75 Å². The molecule has 2 aliphatic rings. The van der Waals surface area contributed by atoms with Crippen LogP contribution in [0.4, 0.5) is 0 Å². The summed E-state index contributed by atoms with van der Waals surface area (Å²) in [6, 6.07) is 7.80. The maximum atomic E-state index is 5.87. The summed E-state index contributed by atoms with van der Waals surface area (Å²) in [5, 5.41) is 3.76. The number of fused-ring (bicyclic) bond motifs is 1. The van der Waals surface area contributed by atoms with E-state index in [1.54, 1.807) is 7.11 Å². The van der Waals surface area contributed by atoms with Crippen molar-refractivity contribution in [2.45, 2.75) is 44.2 Å². The van der Waals surface area contributed by atoms with Crippen LogP contribution >= 0.6 is 0 Å². The topological polar surface area (TPSA) is 30.5 Å². The Kier molecular flexibility index (Phi) is 4.04. The molecule has 1 unspecified atom stereocenters. The quantitative estimate of drug-likeness (QED) is 0.884. The van der Waals surface area contributed by atoms with E-state index in [9.17, 15) is 0 Å². The molecule has 19 heavy (non-hydrogen) atoms. The first-order chi connectivity index (χ1) is 9.36. The molecule has 1 aromatic carbocycles. The van der Waals surface area contributed by atoms with E-state index in [-0.39, 0.29) is 0 Å². The highest BCUT2D eigenvalue weighted by atomic mass is 16.5. The molecule has 104 valence electrons. The van der Waals surface area contributed by atoms with Crippen LogP contribution in [0.1, 0.15) is 42.9 Å². The molecule has 1 heterocycles. The van der Waals surface area contributed by atoms with Gasteiger partial charge < -0.3 is 14.8 Å². The van der Waals surface area contributed by atoms with E-state index in [1.165, 1.54) is 30.4 Å². The lowest BCUT2D eigenvalue weighted by Crippen LogP contribution is -2.23. The zero-order chi connectivity index (χ0) is 13.1. The van der Waals surface area contributed by atoms with Crippen LogP contribution in [0.3, 0.4) is 0 Å². The lowest BCUT2D eigenvalue weighted by atomic mass is 9.98. The van der Waals surface area contributed by atoms with Gasteiger partial charge in [0.2, 0.25) is 0 Å². The summed E-state index contributed by atoms with van der Waals surface area (Å²) in [6.45, 7) is 1.62. The summed E-state index contributed by atoms with van der Waals surface area (Å²) >= 11 is 0. The van der Waals surface area contributed by atoms with Crippen molar-refractivity contribution >= 4 is 0 Å². The third-order valence-corrected chi connectivity index (χ3v) is 3.95. The smallest absolute Gasteiger partial charge is 0.124 e. The van der Waals surface area contributed by atoms with Gasteiger partial charge in [0.25, 0.3) is 0 Å². The zero-order valence-electron chi connectivity index (χ0n) is 11.7. The molecule has 3 nitrogen and oxygen atoms in total. The largest absolute Gasteiger partial charge is 0.493 e. The third-order valence-electron chi connectivity index (χ3n) is 3.95. The molecule has 0 bridgehead atoms. The molecule has 1 saturated carbocycles. The van der Waals surface area contributed by atoms with E-state index in [4.69, 9.17) is 9.47 Å². The lowest BCUT2D eigenvalue weighted by molar-refractivity contribution is 0.202. The van der Waals surface area contributed by atoms with E-state index in [0.29, 0.717) is 6.04 Å². The van der Waals surface area contributed by atoms with Crippen molar-refractivity contribution in [1.29, 1.82) is 0 Å². The molecular weight excluding hydrogens is 238 g/mol. The molecule has 0 saturated heterocycles. The molecule has 3 heteroatoms. The molecule has 1 fully saturated rings. The molecule has 0 radical (unpaired) electrons. The average molecular weight is 261 g/mol. The number of rotatable bonds is 5. The molecular formula is C16H23NO2. The second kappa shape index (κ2) is 5.93. The van der Waals surface area contributed by atoms with Gasteiger partial charge in [0, 0.05) is 24.8 Å². The minimum Gasteiger partial charge on any atom is -0.493 e. The minimum atomic E-state index is 0.465. The van der Waals surface area contributed by atoms with Crippen LogP contribution in [0, 0.1) is 0 Å². The van der Waals surface area contributed by atoms with Gasteiger partial charge in [0.1, 0.15) is 5.75 Å². The second-order valence-corrected chi connectivity index (χ2v) is 5.60. The standard InChI is InChI=1S/C16H23NO2/c1-18-10-8-12-4-7-16-14(11-12)15(3-2-9-19-16)17-13-5-6-13/h4,7,11,13,15,17H,2-3,5-6,8-10H2,1H3. The highest BCUT2D eigenvalue weighted by molar-refractivity contribution is 5.40. The molecule has 1 aromatic rings. The van der Waals surface area contributed by atoms with Crippen molar-refractivity contribution in [2.75, 3.05) is 20.3 Å². The van der Waals surface area contributed by atoms with Crippen molar-refractivity contribution in [2.24, 2.45) is 0 Å². The van der Waals surface area contributed by atoms with Gasteiger partial charge in [-0.1, -0.05) is 12.1 Å². The van der Waals surface area contributed by atoms with Crippen LogP contribution < -0.4 is 10.1 Å². The first kappa shape index (κ1) is 12.9. The Balaban J connectivity index is 1.81. The number of nitrogens with one attached hydrogen (secondary N) is 1. The van der Waals surface area contributed by atoms with E-state index < -0.39 is 0 Å². The monoisotopic (exact) mass is 261 g/mol. The number of hydrogen-bond acceptors (Lipinski definition) is 3. The highest BCUT2D eigenvalue weighted by Gasteiger charge is 2.28. The van der Waals surface area contributed by atoms with Crippen molar-refractivity contribution in [3.8, 4) is 5.75 Å².